The molecular formula is C9H17NO. The summed E-state index contributed by atoms with van der Waals surface area (Å²) in [6, 6.07) is 0. The minimum Gasteiger partial charge on any atom is -0.366 e. The molecule has 2 N–H and O–H groups in total. The van der Waals surface area contributed by atoms with E-state index in [2.05, 4.69) is 20.8 Å². The lowest BCUT2D eigenvalue weighted by atomic mass is 9.82. The van der Waals surface area contributed by atoms with Crippen LogP contribution in [0.25, 0.3) is 0 Å². The molecule has 0 heterocycles. The van der Waals surface area contributed by atoms with Gasteiger partial charge < -0.3 is 5.73 Å². The van der Waals surface area contributed by atoms with Gasteiger partial charge in [-0.3, -0.25) is 4.79 Å². The molecule has 0 aromatic carbocycles. The van der Waals surface area contributed by atoms with Crippen LogP contribution >= 0.6 is 0 Å². The summed E-state index contributed by atoms with van der Waals surface area (Å²) in [5.41, 5.74) is 6.17. The van der Waals surface area contributed by atoms with Gasteiger partial charge in [-0.25, -0.2) is 0 Å². The maximum atomic E-state index is 10.5. The number of allylic oxidation sites excluding steroid dienone is 1. The largest absolute Gasteiger partial charge is 0.366 e. The van der Waals surface area contributed by atoms with Crippen LogP contribution in [0.5, 0.6) is 0 Å². The van der Waals surface area contributed by atoms with E-state index in [1.807, 2.05) is 6.92 Å². The Kier molecular flexibility index (Phi) is 3.30. The minimum atomic E-state index is -0.357. The Morgan fingerprint density at radius 2 is 2.00 bits per heavy atom. The second-order valence-electron chi connectivity index (χ2n) is 3.47. The number of carbonyl (C=O) groups is 1. The molecule has 0 saturated carbocycles. The molecule has 0 aromatic heterocycles. The highest BCUT2D eigenvalue weighted by molar-refractivity contribution is 5.86. The predicted octanol–water partition coefficient (Wildman–Crippen LogP) is 1.85. The van der Waals surface area contributed by atoms with Crippen molar-refractivity contribution >= 4 is 5.91 Å². The zero-order valence-corrected chi connectivity index (χ0v) is 7.77. The van der Waals surface area contributed by atoms with Gasteiger partial charge in [-0.05, 0) is 18.8 Å². The Morgan fingerprint density at radius 3 is 2.27 bits per heavy atom. The molecule has 0 bridgehead atoms. The third-order valence-electron chi connectivity index (χ3n) is 2.31. The fourth-order valence-corrected chi connectivity index (χ4v) is 0.688. The van der Waals surface area contributed by atoms with E-state index >= 15 is 0 Å². The van der Waals surface area contributed by atoms with Crippen LogP contribution in [-0.2, 0) is 4.79 Å². The molecule has 2 heteroatoms. The van der Waals surface area contributed by atoms with E-state index in [9.17, 15) is 4.79 Å². The molecule has 11 heavy (non-hydrogen) atoms. The lowest BCUT2D eigenvalue weighted by Gasteiger charge is -2.23. The zero-order valence-electron chi connectivity index (χ0n) is 7.77. The van der Waals surface area contributed by atoms with Gasteiger partial charge in [0.2, 0.25) is 5.91 Å². The SMILES string of the molecule is CCC(C)(C)/C(C)=C/C(N)=O. The second kappa shape index (κ2) is 3.56. The summed E-state index contributed by atoms with van der Waals surface area (Å²) >= 11 is 0. The summed E-state index contributed by atoms with van der Waals surface area (Å²) < 4.78 is 0. The highest BCUT2D eigenvalue weighted by Crippen LogP contribution is 2.28. The Balaban J connectivity index is 4.46. The zero-order chi connectivity index (χ0) is 9.07. The molecule has 0 unspecified atom stereocenters. The van der Waals surface area contributed by atoms with Crippen molar-refractivity contribution < 1.29 is 4.79 Å². The summed E-state index contributed by atoms with van der Waals surface area (Å²) in [7, 11) is 0. The first-order chi connectivity index (χ1) is 4.90. The molecule has 0 aromatic rings. The van der Waals surface area contributed by atoms with Gasteiger partial charge in [-0.1, -0.05) is 26.3 Å². The van der Waals surface area contributed by atoms with Gasteiger partial charge >= 0.3 is 0 Å². The van der Waals surface area contributed by atoms with Gasteiger partial charge in [0, 0.05) is 6.08 Å². The molecule has 64 valence electrons. The monoisotopic (exact) mass is 155 g/mol. The number of carbonyl (C=O) groups excluding carboxylic acids is 1. The van der Waals surface area contributed by atoms with Crippen LogP contribution in [0.4, 0.5) is 0 Å². The number of hydrogen-bond acceptors (Lipinski definition) is 1. The summed E-state index contributed by atoms with van der Waals surface area (Å²) in [5, 5.41) is 0. The minimum absolute atomic E-state index is 0.0923. The normalized spacial score (nSPS) is 13.3. The van der Waals surface area contributed by atoms with Crippen LogP contribution in [0.2, 0.25) is 0 Å². The van der Waals surface area contributed by atoms with E-state index in [1.165, 1.54) is 6.08 Å². The molecule has 0 spiro atoms. The highest BCUT2D eigenvalue weighted by Gasteiger charge is 2.17. The number of hydrogen-bond donors (Lipinski definition) is 1. The highest BCUT2D eigenvalue weighted by atomic mass is 16.1. The lowest BCUT2D eigenvalue weighted by Crippen LogP contribution is -2.15. The third kappa shape index (κ3) is 3.21. The van der Waals surface area contributed by atoms with Crippen molar-refractivity contribution in [2.75, 3.05) is 0 Å². The van der Waals surface area contributed by atoms with Gasteiger partial charge in [-0.2, -0.15) is 0 Å². The first kappa shape index (κ1) is 10.2. The van der Waals surface area contributed by atoms with Gasteiger partial charge in [0.25, 0.3) is 0 Å². The summed E-state index contributed by atoms with van der Waals surface area (Å²) in [6.07, 6.45) is 2.52. The Labute approximate surface area is 68.5 Å². The van der Waals surface area contributed by atoms with Crippen molar-refractivity contribution in [1.82, 2.24) is 0 Å². The van der Waals surface area contributed by atoms with Crippen LogP contribution in [0, 0.1) is 5.41 Å². The Hall–Kier alpha value is -0.790. The van der Waals surface area contributed by atoms with Crippen LogP contribution < -0.4 is 5.73 Å². The Bertz CT molecular complexity index is 180. The molecule has 0 aliphatic rings. The number of amides is 1. The van der Waals surface area contributed by atoms with Crippen molar-refractivity contribution in [2.24, 2.45) is 11.1 Å². The molecule has 0 radical (unpaired) electrons. The van der Waals surface area contributed by atoms with Crippen LogP contribution in [-0.4, -0.2) is 5.91 Å². The summed E-state index contributed by atoms with van der Waals surface area (Å²) in [4.78, 5) is 10.5. The van der Waals surface area contributed by atoms with E-state index in [-0.39, 0.29) is 11.3 Å². The molecule has 0 aliphatic carbocycles. The molecule has 0 aliphatic heterocycles. The van der Waals surface area contributed by atoms with Crippen molar-refractivity contribution in [2.45, 2.75) is 34.1 Å². The molecular weight excluding hydrogens is 138 g/mol. The lowest BCUT2D eigenvalue weighted by molar-refractivity contribution is -0.113. The van der Waals surface area contributed by atoms with E-state index in [0.29, 0.717) is 0 Å². The van der Waals surface area contributed by atoms with Gasteiger partial charge in [0.15, 0.2) is 0 Å². The smallest absolute Gasteiger partial charge is 0.241 e. The molecule has 0 fully saturated rings. The average molecular weight is 155 g/mol. The van der Waals surface area contributed by atoms with E-state index in [1.54, 1.807) is 0 Å². The Morgan fingerprint density at radius 1 is 1.55 bits per heavy atom. The predicted molar refractivity (Wildman–Crippen MR) is 47.0 cm³/mol. The fourth-order valence-electron chi connectivity index (χ4n) is 0.688. The van der Waals surface area contributed by atoms with Gasteiger partial charge in [-0.15, -0.1) is 0 Å². The number of rotatable bonds is 3. The van der Waals surface area contributed by atoms with Crippen molar-refractivity contribution in [3.63, 3.8) is 0 Å². The molecule has 0 atom stereocenters. The fraction of sp³-hybridized carbons (Fsp3) is 0.667. The maximum absolute atomic E-state index is 10.5. The van der Waals surface area contributed by atoms with Crippen molar-refractivity contribution in [3.05, 3.63) is 11.6 Å². The van der Waals surface area contributed by atoms with Crippen LogP contribution in [0.3, 0.4) is 0 Å². The van der Waals surface area contributed by atoms with E-state index in [0.717, 1.165) is 12.0 Å². The summed E-state index contributed by atoms with van der Waals surface area (Å²) in [5.74, 6) is -0.357. The van der Waals surface area contributed by atoms with Gasteiger partial charge in [0.1, 0.15) is 0 Å². The average Bonchev–Trinajstić information content (AvgIpc) is 1.86. The standard InChI is InChI=1S/C9H17NO/c1-5-9(3,4)7(2)6-8(10)11/h6H,5H2,1-4H3,(H2,10,11)/b7-6+. The van der Waals surface area contributed by atoms with Gasteiger partial charge in [0.05, 0.1) is 0 Å². The molecule has 0 saturated heterocycles. The maximum Gasteiger partial charge on any atom is 0.241 e. The second-order valence-corrected chi connectivity index (χ2v) is 3.47. The quantitative estimate of drug-likeness (QED) is 0.621. The topological polar surface area (TPSA) is 43.1 Å². The van der Waals surface area contributed by atoms with E-state index in [4.69, 9.17) is 5.73 Å². The van der Waals surface area contributed by atoms with E-state index < -0.39 is 0 Å². The summed E-state index contributed by atoms with van der Waals surface area (Å²) in [6.45, 7) is 8.23. The van der Waals surface area contributed by atoms with Crippen LogP contribution in [0.15, 0.2) is 11.6 Å². The van der Waals surface area contributed by atoms with Crippen molar-refractivity contribution in [1.29, 1.82) is 0 Å². The van der Waals surface area contributed by atoms with Crippen LogP contribution in [0.1, 0.15) is 34.1 Å². The number of primary amides is 1. The molecule has 2 nitrogen and oxygen atoms in total. The third-order valence-corrected chi connectivity index (χ3v) is 2.31. The molecule has 1 amide bonds. The first-order valence-electron chi connectivity index (χ1n) is 3.88. The number of nitrogens with two attached hydrogens (primary N) is 1. The molecule has 0 rings (SSSR count). The first-order valence-corrected chi connectivity index (χ1v) is 3.88. The van der Waals surface area contributed by atoms with Crippen molar-refractivity contribution in [3.8, 4) is 0 Å².